The summed E-state index contributed by atoms with van der Waals surface area (Å²) in [5.74, 6) is 0. The van der Waals surface area contributed by atoms with Gasteiger partial charge in [0.25, 0.3) is 0 Å². The molecule has 3 N–H and O–H groups in total. The van der Waals surface area contributed by atoms with Crippen molar-refractivity contribution in [3.8, 4) is 6.07 Å². The molecule has 0 aromatic heterocycles. The lowest BCUT2D eigenvalue weighted by atomic mass is 9.95. The van der Waals surface area contributed by atoms with Crippen molar-refractivity contribution in [2.45, 2.75) is 44.0 Å². The van der Waals surface area contributed by atoms with Crippen LogP contribution in [0.1, 0.15) is 37.8 Å². The summed E-state index contributed by atoms with van der Waals surface area (Å²) >= 11 is 0. The van der Waals surface area contributed by atoms with Crippen LogP contribution < -0.4 is 10.5 Å². The minimum atomic E-state index is -3.61. The largest absolute Gasteiger partial charge is 0.324 e. The van der Waals surface area contributed by atoms with Crippen molar-refractivity contribution in [2.75, 3.05) is 6.54 Å². The van der Waals surface area contributed by atoms with Gasteiger partial charge in [-0.1, -0.05) is 13.8 Å². The molecule has 1 rings (SSSR count). The van der Waals surface area contributed by atoms with E-state index in [0.29, 0.717) is 24.0 Å². The van der Waals surface area contributed by atoms with E-state index in [1.807, 2.05) is 19.9 Å². The summed E-state index contributed by atoms with van der Waals surface area (Å²) in [5.41, 5.74) is 6.55. The number of nitriles is 1. The predicted molar refractivity (Wildman–Crippen MR) is 85.8 cm³/mol. The first-order valence-electron chi connectivity index (χ1n) is 6.57. The van der Waals surface area contributed by atoms with Crippen molar-refractivity contribution in [1.29, 1.82) is 5.26 Å². The highest BCUT2D eigenvalue weighted by atomic mass is 35.5. The number of sulfonamides is 1. The van der Waals surface area contributed by atoms with Gasteiger partial charge < -0.3 is 5.73 Å². The zero-order valence-corrected chi connectivity index (χ0v) is 14.1. The molecule has 0 bridgehead atoms. The third-order valence-electron chi connectivity index (χ3n) is 3.62. The van der Waals surface area contributed by atoms with Gasteiger partial charge >= 0.3 is 0 Å². The molecule has 0 aliphatic carbocycles. The number of nitrogens with one attached hydrogen (secondary N) is 1. The summed E-state index contributed by atoms with van der Waals surface area (Å²) < 4.78 is 27.1. The van der Waals surface area contributed by atoms with E-state index in [1.165, 1.54) is 12.1 Å². The summed E-state index contributed by atoms with van der Waals surface area (Å²) in [7, 11) is -3.61. The fraction of sp³-hybridized carbons (Fsp3) is 0.500. The van der Waals surface area contributed by atoms with Crippen molar-refractivity contribution in [2.24, 2.45) is 5.73 Å². The van der Waals surface area contributed by atoms with E-state index in [9.17, 15) is 8.42 Å². The first-order valence-corrected chi connectivity index (χ1v) is 8.05. The molecular weight excluding hydrogens is 310 g/mol. The van der Waals surface area contributed by atoms with Crippen LogP contribution in [0.15, 0.2) is 23.1 Å². The molecule has 0 saturated heterocycles. The molecule has 0 atom stereocenters. The number of hydrogen-bond donors (Lipinski definition) is 2. The highest BCUT2D eigenvalue weighted by Crippen LogP contribution is 2.17. The molecule has 0 aliphatic heterocycles. The Morgan fingerprint density at radius 2 is 1.90 bits per heavy atom. The highest BCUT2D eigenvalue weighted by molar-refractivity contribution is 7.89. The Labute approximate surface area is 133 Å². The molecule has 1 aromatic rings. The van der Waals surface area contributed by atoms with Crippen LogP contribution in [-0.2, 0) is 10.0 Å². The van der Waals surface area contributed by atoms with Gasteiger partial charge in [-0.05, 0) is 43.5 Å². The molecule has 0 fully saturated rings. The maximum absolute atomic E-state index is 12.3. The molecule has 0 saturated carbocycles. The number of rotatable bonds is 6. The number of hydrogen-bond acceptors (Lipinski definition) is 4. The van der Waals surface area contributed by atoms with Gasteiger partial charge in [0, 0.05) is 12.1 Å². The predicted octanol–water partition coefficient (Wildman–Crippen LogP) is 2.08. The molecule has 0 amide bonds. The van der Waals surface area contributed by atoms with Crippen molar-refractivity contribution >= 4 is 22.4 Å². The normalized spacial score (nSPS) is 11.6. The molecule has 7 heteroatoms. The molecule has 1 aromatic carbocycles. The van der Waals surface area contributed by atoms with Crippen LogP contribution in [-0.4, -0.2) is 20.5 Å². The first-order chi connectivity index (χ1) is 9.28. The molecule has 0 aliphatic rings. The van der Waals surface area contributed by atoms with Crippen LogP contribution in [0.3, 0.4) is 0 Å². The van der Waals surface area contributed by atoms with Crippen LogP contribution in [0.5, 0.6) is 0 Å². The Kier molecular flexibility index (Phi) is 7.34. The van der Waals surface area contributed by atoms with Crippen molar-refractivity contribution < 1.29 is 8.42 Å². The molecule has 0 heterocycles. The third-order valence-corrected chi connectivity index (χ3v) is 5.18. The zero-order valence-electron chi connectivity index (χ0n) is 12.5. The average Bonchev–Trinajstić information content (AvgIpc) is 2.44. The standard InChI is InChI=1S/C14H21N3O2S.ClH/c1-4-14(16,5-2)10-17-20(18,19)13-7-6-12(9-15)8-11(13)3;/h6-8,17H,4-5,10,16H2,1-3H3;1H. The molecule has 118 valence electrons. The summed E-state index contributed by atoms with van der Waals surface area (Å²) in [4.78, 5) is 0.186. The van der Waals surface area contributed by atoms with Crippen molar-refractivity contribution in [3.05, 3.63) is 29.3 Å². The topological polar surface area (TPSA) is 96.0 Å². The minimum absolute atomic E-state index is 0. The zero-order chi connectivity index (χ0) is 15.4. The first kappa shape index (κ1) is 19.9. The Morgan fingerprint density at radius 1 is 1.33 bits per heavy atom. The minimum Gasteiger partial charge on any atom is -0.324 e. The van der Waals surface area contributed by atoms with E-state index in [-0.39, 0.29) is 23.8 Å². The summed E-state index contributed by atoms with van der Waals surface area (Å²) in [6, 6.07) is 6.49. The fourth-order valence-electron chi connectivity index (χ4n) is 1.84. The van der Waals surface area contributed by atoms with Crippen molar-refractivity contribution in [3.63, 3.8) is 0 Å². The second kappa shape index (κ2) is 7.76. The Balaban J connectivity index is 0.00000400. The van der Waals surface area contributed by atoms with E-state index in [2.05, 4.69) is 4.72 Å². The van der Waals surface area contributed by atoms with E-state index in [1.54, 1.807) is 13.0 Å². The van der Waals surface area contributed by atoms with Crippen molar-refractivity contribution in [1.82, 2.24) is 4.72 Å². The van der Waals surface area contributed by atoms with Gasteiger partial charge in [0.05, 0.1) is 16.5 Å². The molecule has 21 heavy (non-hydrogen) atoms. The summed E-state index contributed by atoms with van der Waals surface area (Å²) in [6.07, 6.45) is 1.39. The Hall–Kier alpha value is -1.13. The summed E-state index contributed by atoms with van der Waals surface area (Å²) in [6.45, 7) is 5.74. The second-order valence-electron chi connectivity index (χ2n) is 4.99. The van der Waals surface area contributed by atoms with E-state index >= 15 is 0 Å². The number of halogens is 1. The maximum atomic E-state index is 12.3. The molecular formula is C14H22ClN3O2S. The lowest BCUT2D eigenvalue weighted by Gasteiger charge is -2.26. The quantitative estimate of drug-likeness (QED) is 0.834. The average molecular weight is 332 g/mol. The highest BCUT2D eigenvalue weighted by Gasteiger charge is 2.24. The Morgan fingerprint density at radius 3 is 2.33 bits per heavy atom. The van der Waals surface area contributed by atoms with Crippen LogP contribution in [0.25, 0.3) is 0 Å². The van der Waals surface area contributed by atoms with Gasteiger partial charge in [-0.3, -0.25) is 0 Å². The lowest BCUT2D eigenvalue weighted by molar-refractivity contribution is 0.391. The summed E-state index contributed by atoms with van der Waals surface area (Å²) in [5, 5.41) is 8.80. The molecule has 0 unspecified atom stereocenters. The van der Waals surface area contributed by atoms with Gasteiger partial charge in [0.1, 0.15) is 0 Å². The SMILES string of the molecule is CCC(N)(CC)CNS(=O)(=O)c1ccc(C#N)cc1C.Cl. The van der Waals surface area contributed by atoms with Gasteiger partial charge in [0.2, 0.25) is 10.0 Å². The van der Waals surface area contributed by atoms with E-state index < -0.39 is 15.6 Å². The number of nitrogens with zero attached hydrogens (tertiary/aromatic N) is 1. The Bertz CT molecular complexity index is 620. The monoisotopic (exact) mass is 331 g/mol. The van der Waals surface area contributed by atoms with Gasteiger partial charge in [0.15, 0.2) is 0 Å². The molecule has 0 spiro atoms. The van der Waals surface area contributed by atoms with Crippen LogP contribution >= 0.6 is 12.4 Å². The molecule has 0 radical (unpaired) electrons. The lowest BCUT2D eigenvalue weighted by Crippen LogP contribution is -2.49. The van der Waals surface area contributed by atoms with Gasteiger partial charge in [-0.15, -0.1) is 12.4 Å². The van der Waals surface area contributed by atoms with Crippen LogP contribution in [0.2, 0.25) is 0 Å². The second-order valence-corrected chi connectivity index (χ2v) is 6.72. The fourth-order valence-corrected chi connectivity index (χ4v) is 3.20. The molecule has 5 nitrogen and oxygen atoms in total. The maximum Gasteiger partial charge on any atom is 0.240 e. The van der Waals surface area contributed by atoms with Gasteiger partial charge in [-0.25, -0.2) is 13.1 Å². The van der Waals surface area contributed by atoms with Gasteiger partial charge in [-0.2, -0.15) is 5.26 Å². The van der Waals surface area contributed by atoms with Crippen LogP contribution in [0.4, 0.5) is 0 Å². The third kappa shape index (κ3) is 4.97. The number of benzene rings is 1. The number of nitrogens with two attached hydrogens (primary N) is 1. The smallest absolute Gasteiger partial charge is 0.240 e. The van der Waals surface area contributed by atoms with E-state index in [4.69, 9.17) is 11.0 Å². The van der Waals surface area contributed by atoms with Crippen LogP contribution in [0, 0.1) is 18.3 Å². The number of aryl methyl sites for hydroxylation is 1. The van der Waals surface area contributed by atoms with E-state index in [0.717, 1.165) is 0 Å².